The third kappa shape index (κ3) is 5.10. The van der Waals surface area contributed by atoms with E-state index in [2.05, 4.69) is 13.8 Å². The molecule has 2 bridgehead atoms. The fourth-order valence-corrected chi connectivity index (χ4v) is 3.81. The summed E-state index contributed by atoms with van der Waals surface area (Å²) in [5.41, 5.74) is 3.32. The average Bonchev–Trinajstić information content (AvgIpc) is 3.09. The molecular weight excluding hydrogens is 260 g/mol. The molecule has 2 nitrogen and oxygen atoms in total. The first kappa shape index (κ1) is 17.0. The number of hydrogen-bond donors (Lipinski definition) is 0. The molecule has 0 aliphatic heterocycles. The summed E-state index contributed by atoms with van der Waals surface area (Å²) in [5, 5.41) is 0. The fraction of sp³-hybridized carbons (Fsp3) is 0.895. The van der Waals surface area contributed by atoms with Gasteiger partial charge >= 0.3 is 0 Å². The van der Waals surface area contributed by atoms with Gasteiger partial charge in [0.15, 0.2) is 0 Å². The highest BCUT2D eigenvalue weighted by atomic mass is 16.5. The van der Waals surface area contributed by atoms with Crippen LogP contribution in [-0.4, -0.2) is 26.4 Å². The topological polar surface area (TPSA) is 18.5 Å². The minimum absolute atomic E-state index is 0.668. The number of allylic oxidation sites excluding steroid dienone is 1. The molecular formula is C19H34O2. The second kappa shape index (κ2) is 9.63. The molecule has 0 saturated heterocycles. The molecule has 2 aliphatic rings. The highest BCUT2D eigenvalue weighted by Crippen LogP contribution is 2.48. The van der Waals surface area contributed by atoms with Gasteiger partial charge in [-0.15, -0.1) is 0 Å². The zero-order chi connectivity index (χ0) is 14.9. The molecule has 0 aromatic heterocycles. The molecule has 21 heavy (non-hydrogen) atoms. The second-order valence-corrected chi connectivity index (χ2v) is 6.78. The van der Waals surface area contributed by atoms with Gasteiger partial charge in [-0.1, -0.05) is 45.1 Å². The summed E-state index contributed by atoms with van der Waals surface area (Å²) >= 11 is 0. The Morgan fingerprint density at radius 1 is 0.952 bits per heavy atom. The molecule has 2 rings (SSSR count). The molecule has 2 heteroatoms. The summed E-state index contributed by atoms with van der Waals surface area (Å²) in [6.07, 6.45) is 11.6. The van der Waals surface area contributed by atoms with Crippen molar-refractivity contribution >= 4 is 0 Å². The molecule has 0 aromatic rings. The Kier molecular flexibility index (Phi) is 7.81. The van der Waals surface area contributed by atoms with Crippen LogP contribution in [0.15, 0.2) is 11.1 Å². The molecule has 0 amide bonds. The van der Waals surface area contributed by atoms with E-state index in [1.165, 1.54) is 57.8 Å². The first-order valence-electron chi connectivity index (χ1n) is 9.23. The molecule has 0 aromatic carbocycles. The molecule has 0 radical (unpaired) electrons. The summed E-state index contributed by atoms with van der Waals surface area (Å²) in [6, 6.07) is 0. The van der Waals surface area contributed by atoms with Crippen molar-refractivity contribution < 1.29 is 9.47 Å². The Morgan fingerprint density at radius 3 is 2.38 bits per heavy atom. The summed E-state index contributed by atoms with van der Waals surface area (Å²) in [6.45, 7) is 8.17. The van der Waals surface area contributed by atoms with Crippen molar-refractivity contribution in [3.63, 3.8) is 0 Å². The molecule has 2 aliphatic carbocycles. The smallest absolute Gasteiger partial charge is 0.0683 e. The first-order valence-corrected chi connectivity index (χ1v) is 9.23. The van der Waals surface area contributed by atoms with Gasteiger partial charge in [0.2, 0.25) is 0 Å². The molecule has 0 N–H and O–H groups in total. The van der Waals surface area contributed by atoms with Crippen LogP contribution in [0.4, 0.5) is 0 Å². The van der Waals surface area contributed by atoms with Gasteiger partial charge in [0.25, 0.3) is 0 Å². The van der Waals surface area contributed by atoms with E-state index in [1.807, 2.05) is 0 Å². The standard InChI is InChI=1S/C19H34O2/c1-3-5-7-11-20-14-18-16-9-10-17(13-16)19(18)15-21-12-8-6-4-2/h16,18H,3-15H2,1-2H3. The highest BCUT2D eigenvalue weighted by molar-refractivity contribution is 5.29. The molecule has 0 spiro atoms. The monoisotopic (exact) mass is 294 g/mol. The molecule has 2 unspecified atom stereocenters. The number of fused-ring (bicyclic) bond motifs is 2. The van der Waals surface area contributed by atoms with Crippen molar-refractivity contribution in [1.29, 1.82) is 0 Å². The van der Waals surface area contributed by atoms with Crippen LogP contribution in [0.3, 0.4) is 0 Å². The van der Waals surface area contributed by atoms with E-state index in [0.29, 0.717) is 5.92 Å². The average molecular weight is 294 g/mol. The Bertz CT molecular complexity index is 322. The SMILES string of the molecule is CCCCCOCC1=C2CCC(C2)C1COCCCCC. The summed E-state index contributed by atoms with van der Waals surface area (Å²) in [4.78, 5) is 0. The third-order valence-electron chi connectivity index (χ3n) is 5.14. The summed E-state index contributed by atoms with van der Waals surface area (Å²) < 4.78 is 11.9. The van der Waals surface area contributed by atoms with Crippen molar-refractivity contribution in [2.75, 3.05) is 26.4 Å². The van der Waals surface area contributed by atoms with Crippen LogP contribution in [0.2, 0.25) is 0 Å². The Morgan fingerprint density at radius 2 is 1.67 bits per heavy atom. The van der Waals surface area contributed by atoms with Crippen LogP contribution in [0.5, 0.6) is 0 Å². The van der Waals surface area contributed by atoms with Gasteiger partial charge in [0, 0.05) is 19.1 Å². The number of rotatable bonds is 12. The van der Waals surface area contributed by atoms with Crippen molar-refractivity contribution in [3.05, 3.63) is 11.1 Å². The van der Waals surface area contributed by atoms with Gasteiger partial charge in [-0.3, -0.25) is 0 Å². The minimum atomic E-state index is 0.668. The highest BCUT2D eigenvalue weighted by Gasteiger charge is 2.38. The van der Waals surface area contributed by atoms with Crippen LogP contribution in [0.25, 0.3) is 0 Å². The van der Waals surface area contributed by atoms with Gasteiger partial charge in [0.05, 0.1) is 13.2 Å². The Hall–Kier alpha value is -0.340. The summed E-state index contributed by atoms with van der Waals surface area (Å²) in [7, 11) is 0. The van der Waals surface area contributed by atoms with Crippen LogP contribution in [0, 0.1) is 11.8 Å². The molecule has 2 atom stereocenters. The molecule has 1 fully saturated rings. The van der Waals surface area contributed by atoms with Gasteiger partial charge in [0.1, 0.15) is 0 Å². The zero-order valence-electron chi connectivity index (χ0n) is 14.2. The predicted octanol–water partition coefficient (Wildman–Crippen LogP) is 5.13. The molecule has 0 heterocycles. The van der Waals surface area contributed by atoms with E-state index in [0.717, 1.165) is 32.3 Å². The maximum Gasteiger partial charge on any atom is 0.0683 e. The van der Waals surface area contributed by atoms with E-state index in [4.69, 9.17) is 9.47 Å². The van der Waals surface area contributed by atoms with Crippen LogP contribution < -0.4 is 0 Å². The third-order valence-corrected chi connectivity index (χ3v) is 5.14. The summed E-state index contributed by atoms with van der Waals surface area (Å²) in [5.74, 6) is 1.53. The maximum atomic E-state index is 5.96. The Labute approximate surface area is 131 Å². The van der Waals surface area contributed by atoms with Gasteiger partial charge in [-0.2, -0.15) is 0 Å². The van der Waals surface area contributed by atoms with Crippen molar-refractivity contribution in [2.24, 2.45) is 11.8 Å². The van der Waals surface area contributed by atoms with E-state index in [9.17, 15) is 0 Å². The van der Waals surface area contributed by atoms with Gasteiger partial charge in [-0.05, 0) is 43.6 Å². The van der Waals surface area contributed by atoms with Crippen molar-refractivity contribution in [3.8, 4) is 0 Å². The second-order valence-electron chi connectivity index (χ2n) is 6.78. The molecule has 122 valence electrons. The quantitative estimate of drug-likeness (QED) is 0.367. The number of hydrogen-bond acceptors (Lipinski definition) is 2. The van der Waals surface area contributed by atoms with E-state index >= 15 is 0 Å². The zero-order valence-corrected chi connectivity index (χ0v) is 14.2. The van der Waals surface area contributed by atoms with E-state index < -0.39 is 0 Å². The van der Waals surface area contributed by atoms with Crippen molar-refractivity contribution in [2.45, 2.75) is 71.6 Å². The lowest BCUT2D eigenvalue weighted by Crippen LogP contribution is -2.22. The fourth-order valence-electron chi connectivity index (χ4n) is 3.81. The lowest BCUT2D eigenvalue weighted by atomic mass is 9.87. The lowest BCUT2D eigenvalue weighted by Gasteiger charge is -2.24. The van der Waals surface area contributed by atoms with Crippen molar-refractivity contribution in [1.82, 2.24) is 0 Å². The largest absolute Gasteiger partial charge is 0.381 e. The number of ether oxygens (including phenoxy) is 2. The van der Waals surface area contributed by atoms with Crippen LogP contribution >= 0.6 is 0 Å². The number of unbranched alkanes of at least 4 members (excludes halogenated alkanes) is 4. The lowest BCUT2D eigenvalue weighted by molar-refractivity contribution is 0.0785. The maximum absolute atomic E-state index is 5.96. The first-order chi connectivity index (χ1) is 10.4. The van der Waals surface area contributed by atoms with Crippen LogP contribution in [0.1, 0.15) is 71.6 Å². The Balaban J connectivity index is 1.69. The van der Waals surface area contributed by atoms with E-state index in [1.54, 1.807) is 11.1 Å². The minimum Gasteiger partial charge on any atom is -0.381 e. The van der Waals surface area contributed by atoms with E-state index in [-0.39, 0.29) is 0 Å². The predicted molar refractivity (Wildman–Crippen MR) is 88.5 cm³/mol. The van der Waals surface area contributed by atoms with Gasteiger partial charge < -0.3 is 9.47 Å². The molecule has 1 saturated carbocycles. The van der Waals surface area contributed by atoms with Crippen LogP contribution in [-0.2, 0) is 9.47 Å². The van der Waals surface area contributed by atoms with Gasteiger partial charge in [-0.25, -0.2) is 0 Å². The normalized spacial score (nSPS) is 24.3.